The van der Waals surface area contributed by atoms with Crippen LogP contribution < -0.4 is 14.8 Å². The number of aromatic amines is 1. The van der Waals surface area contributed by atoms with Gasteiger partial charge in [-0.1, -0.05) is 18.2 Å². The van der Waals surface area contributed by atoms with Gasteiger partial charge in [-0.05, 0) is 36.2 Å². The average molecular weight is 379 g/mol. The Balaban J connectivity index is 1.46. The first-order chi connectivity index (χ1) is 13.3. The first-order valence-electron chi connectivity index (χ1n) is 8.75. The Morgan fingerprint density at radius 3 is 2.85 bits per heavy atom. The zero-order chi connectivity index (χ0) is 18.6. The Morgan fingerprint density at radius 2 is 2.00 bits per heavy atom. The standard InChI is InChI=1S/C21H21N3O2S/c1-25-15-7-8-20(26-2)17(11-15)19-13-27-21(24-19)22-10-9-14-12-23-18-6-4-3-5-16(14)18/h3-8,11-13,23H,9-10H2,1-2H3,(H,22,24). The molecule has 2 aromatic carbocycles. The SMILES string of the molecule is COc1ccc(OC)c(-c2csc(NCCc3c[nH]c4ccccc34)n2)c1. The van der Waals surface area contributed by atoms with Crippen LogP contribution in [0.5, 0.6) is 11.5 Å². The highest BCUT2D eigenvalue weighted by atomic mass is 32.1. The van der Waals surface area contributed by atoms with Crippen molar-refractivity contribution >= 4 is 27.4 Å². The molecule has 0 radical (unpaired) electrons. The smallest absolute Gasteiger partial charge is 0.183 e. The number of H-pyrrole nitrogens is 1. The molecule has 6 heteroatoms. The summed E-state index contributed by atoms with van der Waals surface area (Å²) in [6.07, 6.45) is 3.02. The van der Waals surface area contributed by atoms with Crippen LogP contribution in [0, 0.1) is 0 Å². The summed E-state index contributed by atoms with van der Waals surface area (Å²) in [4.78, 5) is 8.03. The highest BCUT2D eigenvalue weighted by Gasteiger charge is 2.12. The normalized spacial score (nSPS) is 10.9. The van der Waals surface area contributed by atoms with Crippen molar-refractivity contribution in [2.24, 2.45) is 0 Å². The van der Waals surface area contributed by atoms with E-state index in [4.69, 9.17) is 14.5 Å². The van der Waals surface area contributed by atoms with E-state index in [2.05, 4.69) is 34.7 Å². The maximum absolute atomic E-state index is 5.46. The minimum Gasteiger partial charge on any atom is -0.497 e. The summed E-state index contributed by atoms with van der Waals surface area (Å²) in [5.74, 6) is 1.57. The lowest BCUT2D eigenvalue weighted by Crippen LogP contribution is -2.04. The topological polar surface area (TPSA) is 59.2 Å². The summed E-state index contributed by atoms with van der Waals surface area (Å²) < 4.78 is 10.8. The van der Waals surface area contributed by atoms with E-state index in [0.717, 1.165) is 40.9 Å². The van der Waals surface area contributed by atoms with Crippen molar-refractivity contribution in [3.05, 3.63) is 59.6 Å². The number of rotatable bonds is 7. The first kappa shape index (κ1) is 17.4. The van der Waals surface area contributed by atoms with E-state index < -0.39 is 0 Å². The molecule has 0 fully saturated rings. The largest absolute Gasteiger partial charge is 0.497 e. The van der Waals surface area contributed by atoms with Crippen molar-refractivity contribution in [3.8, 4) is 22.8 Å². The molecule has 2 aromatic heterocycles. The van der Waals surface area contributed by atoms with Crippen LogP contribution in [0.4, 0.5) is 5.13 Å². The predicted molar refractivity (Wildman–Crippen MR) is 111 cm³/mol. The van der Waals surface area contributed by atoms with Gasteiger partial charge in [-0.3, -0.25) is 0 Å². The molecule has 4 aromatic rings. The van der Waals surface area contributed by atoms with E-state index in [9.17, 15) is 0 Å². The van der Waals surface area contributed by atoms with Crippen LogP contribution in [-0.4, -0.2) is 30.7 Å². The van der Waals surface area contributed by atoms with Crippen LogP contribution in [0.25, 0.3) is 22.2 Å². The van der Waals surface area contributed by atoms with Crippen molar-refractivity contribution in [1.82, 2.24) is 9.97 Å². The summed E-state index contributed by atoms with van der Waals surface area (Å²) in [5, 5.41) is 7.63. The van der Waals surface area contributed by atoms with E-state index >= 15 is 0 Å². The fourth-order valence-electron chi connectivity index (χ4n) is 3.14. The molecule has 5 nitrogen and oxygen atoms in total. The number of aromatic nitrogens is 2. The second kappa shape index (κ2) is 7.72. The van der Waals surface area contributed by atoms with E-state index in [1.807, 2.05) is 29.6 Å². The van der Waals surface area contributed by atoms with Gasteiger partial charge in [0, 0.05) is 34.6 Å². The third-order valence-electron chi connectivity index (χ3n) is 4.53. The van der Waals surface area contributed by atoms with Crippen LogP contribution in [0.1, 0.15) is 5.56 Å². The lowest BCUT2D eigenvalue weighted by molar-refractivity contribution is 0.404. The lowest BCUT2D eigenvalue weighted by Gasteiger charge is -2.08. The lowest BCUT2D eigenvalue weighted by atomic mass is 10.1. The van der Waals surface area contributed by atoms with E-state index in [1.165, 1.54) is 16.5 Å². The van der Waals surface area contributed by atoms with Gasteiger partial charge in [0.2, 0.25) is 0 Å². The van der Waals surface area contributed by atoms with Crippen molar-refractivity contribution < 1.29 is 9.47 Å². The molecular weight excluding hydrogens is 358 g/mol. The highest BCUT2D eigenvalue weighted by Crippen LogP contribution is 2.35. The fourth-order valence-corrected chi connectivity index (χ4v) is 3.87. The van der Waals surface area contributed by atoms with Crippen LogP contribution in [-0.2, 0) is 6.42 Å². The average Bonchev–Trinajstić information content (AvgIpc) is 3.35. The van der Waals surface area contributed by atoms with Crippen LogP contribution in [0.2, 0.25) is 0 Å². The number of anilines is 1. The second-order valence-electron chi connectivity index (χ2n) is 6.14. The Morgan fingerprint density at radius 1 is 1.11 bits per heavy atom. The van der Waals surface area contributed by atoms with Gasteiger partial charge in [0.15, 0.2) is 5.13 Å². The predicted octanol–water partition coefficient (Wildman–Crippen LogP) is 4.96. The van der Waals surface area contributed by atoms with E-state index in [0.29, 0.717) is 0 Å². The number of nitrogens with zero attached hydrogens (tertiary/aromatic N) is 1. The van der Waals surface area contributed by atoms with Gasteiger partial charge in [0.1, 0.15) is 11.5 Å². The summed E-state index contributed by atoms with van der Waals surface area (Å²) >= 11 is 1.59. The number of fused-ring (bicyclic) bond motifs is 1. The van der Waals surface area contributed by atoms with Gasteiger partial charge >= 0.3 is 0 Å². The second-order valence-corrected chi connectivity index (χ2v) is 7.00. The molecule has 0 saturated carbocycles. The molecule has 0 aliphatic rings. The van der Waals surface area contributed by atoms with Gasteiger partial charge < -0.3 is 19.8 Å². The molecule has 0 spiro atoms. The molecule has 2 N–H and O–H groups in total. The summed E-state index contributed by atoms with van der Waals surface area (Å²) in [6.45, 7) is 0.823. The number of hydrogen-bond acceptors (Lipinski definition) is 5. The zero-order valence-electron chi connectivity index (χ0n) is 15.3. The third kappa shape index (κ3) is 3.61. The maximum Gasteiger partial charge on any atom is 0.183 e. The number of hydrogen-bond donors (Lipinski definition) is 2. The fraction of sp³-hybridized carbons (Fsp3) is 0.190. The molecule has 0 bridgehead atoms. The van der Waals surface area contributed by atoms with Crippen LogP contribution in [0.3, 0.4) is 0 Å². The van der Waals surface area contributed by atoms with Crippen LogP contribution in [0.15, 0.2) is 54.0 Å². The molecule has 2 heterocycles. The van der Waals surface area contributed by atoms with Crippen molar-refractivity contribution in [2.75, 3.05) is 26.1 Å². The van der Waals surface area contributed by atoms with Gasteiger partial charge in [-0.25, -0.2) is 4.98 Å². The van der Waals surface area contributed by atoms with E-state index in [-0.39, 0.29) is 0 Å². The number of thiazole rings is 1. The zero-order valence-corrected chi connectivity index (χ0v) is 16.1. The van der Waals surface area contributed by atoms with Crippen LogP contribution >= 0.6 is 11.3 Å². The molecule has 27 heavy (non-hydrogen) atoms. The van der Waals surface area contributed by atoms with E-state index in [1.54, 1.807) is 25.6 Å². The number of benzene rings is 2. The van der Waals surface area contributed by atoms with Crippen molar-refractivity contribution in [3.63, 3.8) is 0 Å². The molecule has 0 atom stereocenters. The molecule has 0 aliphatic carbocycles. The third-order valence-corrected chi connectivity index (χ3v) is 5.33. The Hall–Kier alpha value is -2.99. The number of ether oxygens (including phenoxy) is 2. The molecular formula is C21H21N3O2S. The number of para-hydroxylation sites is 1. The summed E-state index contributed by atoms with van der Waals surface area (Å²) in [7, 11) is 3.32. The van der Waals surface area contributed by atoms with Crippen molar-refractivity contribution in [2.45, 2.75) is 6.42 Å². The quantitative estimate of drug-likeness (QED) is 0.476. The molecule has 0 unspecified atom stereocenters. The maximum atomic E-state index is 5.46. The molecule has 0 saturated heterocycles. The Labute approximate surface area is 162 Å². The van der Waals surface area contributed by atoms with Gasteiger partial charge in [0.25, 0.3) is 0 Å². The molecule has 138 valence electrons. The highest BCUT2D eigenvalue weighted by molar-refractivity contribution is 7.14. The first-order valence-corrected chi connectivity index (χ1v) is 9.63. The van der Waals surface area contributed by atoms with Crippen molar-refractivity contribution in [1.29, 1.82) is 0 Å². The van der Waals surface area contributed by atoms with Gasteiger partial charge in [-0.2, -0.15) is 0 Å². The summed E-state index contributed by atoms with van der Waals surface area (Å²) in [6, 6.07) is 14.1. The Bertz CT molecular complexity index is 1050. The van der Waals surface area contributed by atoms with Gasteiger partial charge in [0.05, 0.1) is 19.9 Å². The molecule has 0 amide bonds. The monoisotopic (exact) mass is 379 g/mol. The number of nitrogens with one attached hydrogen (secondary N) is 2. The molecule has 0 aliphatic heterocycles. The Kier molecular flexibility index (Phi) is 4.98. The summed E-state index contributed by atoms with van der Waals surface area (Å²) in [5.41, 5.74) is 4.29. The number of methoxy groups -OCH3 is 2. The minimum atomic E-state index is 0.784. The van der Waals surface area contributed by atoms with Gasteiger partial charge in [-0.15, -0.1) is 11.3 Å². The molecule has 4 rings (SSSR count). The minimum absolute atomic E-state index is 0.784.